The fraction of sp³-hybridized carbons (Fsp3) is 0.500. The zero-order valence-electron chi connectivity index (χ0n) is 13.7. The zero-order valence-corrected chi connectivity index (χ0v) is 14.4. The first kappa shape index (κ1) is 18.5. The lowest BCUT2D eigenvalue weighted by Gasteiger charge is -2.35. The van der Waals surface area contributed by atoms with Crippen molar-refractivity contribution >= 4 is 23.6 Å². The molecule has 2 amide bonds. The van der Waals surface area contributed by atoms with Crippen molar-refractivity contribution in [2.75, 3.05) is 6.54 Å². The van der Waals surface area contributed by atoms with Crippen LogP contribution in [0.25, 0.3) is 0 Å². The van der Waals surface area contributed by atoms with E-state index in [0.717, 1.165) is 11.1 Å². The molecule has 1 aromatic rings. The molecule has 0 bridgehead atoms. The van der Waals surface area contributed by atoms with E-state index < -0.39 is 35.4 Å². The van der Waals surface area contributed by atoms with Gasteiger partial charge in [-0.25, -0.2) is 19.6 Å². The quantitative estimate of drug-likeness (QED) is 0.851. The molecular formula is C16H20ClFN2O4. The van der Waals surface area contributed by atoms with Gasteiger partial charge in [0, 0.05) is 5.02 Å². The van der Waals surface area contributed by atoms with Crippen molar-refractivity contribution in [3.8, 4) is 0 Å². The van der Waals surface area contributed by atoms with Gasteiger partial charge in [0.1, 0.15) is 11.4 Å². The van der Waals surface area contributed by atoms with Crippen molar-refractivity contribution in [3.05, 3.63) is 34.6 Å². The van der Waals surface area contributed by atoms with E-state index in [-0.39, 0.29) is 18.0 Å². The molecule has 132 valence electrons. The Balaban J connectivity index is 2.17. The maximum atomic E-state index is 13.2. The molecular weight excluding hydrogens is 339 g/mol. The van der Waals surface area contributed by atoms with Crippen LogP contribution in [-0.4, -0.2) is 40.4 Å². The number of hydrogen-bond acceptors (Lipinski definition) is 4. The van der Waals surface area contributed by atoms with E-state index in [9.17, 15) is 19.1 Å². The number of carbonyl (C=O) groups is 2. The van der Waals surface area contributed by atoms with Gasteiger partial charge in [-0.15, -0.1) is 0 Å². The number of rotatable bonds is 2. The summed E-state index contributed by atoms with van der Waals surface area (Å²) in [5.41, 5.74) is 2.01. The number of amides is 2. The third-order valence-electron chi connectivity index (χ3n) is 3.43. The number of nitrogens with zero attached hydrogens (tertiary/aromatic N) is 1. The van der Waals surface area contributed by atoms with Crippen LogP contribution in [0.4, 0.5) is 9.18 Å². The van der Waals surface area contributed by atoms with Crippen LogP contribution in [0.5, 0.6) is 0 Å². The zero-order chi connectivity index (χ0) is 18.1. The molecule has 1 aromatic carbocycles. The Kier molecular flexibility index (Phi) is 5.35. The van der Waals surface area contributed by atoms with Gasteiger partial charge in [-0.1, -0.05) is 17.7 Å². The van der Waals surface area contributed by atoms with Gasteiger partial charge >= 0.3 is 6.09 Å². The summed E-state index contributed by atoms with van der Waals surface area (Å²) in [6, 6.07) is 3.71. The van der Waals surface area contributed by atoms with Crippen molar-refractivity contribution in [2.45, 2.75) is 44.8 Å². The summed E-state index contributed by atoms with van der Waals surface area (Å²) in [5, 5.41) is 11.1. The number of piperidine rings is 1. The standard InChI is InChI=1S/C16H20ClFN2O4/c1-16(2,3)24-15(23)19-20-8-10(21)7-12(14(20)22)11-5-4-9(18)6-13(11)17/h4-6,10,12,21H,7-8H2,1-3H3,(H,19,23). The first-order valence-electron chi connectivity index (χ1n) is 7.51. The SMILES string of the molecule is CC(C)(C)OC(=O)NN1CC(O)CC(c2ccc(F)cc2Cl)C1=O. The Morgan fingerprint density at radius 3 is 2.71 bits per heavy atom. The summed E-state index contributed by atoms with van der Waals surface area (Å²) in [6.07, 6.45) is -1.52. The summed E-state index contributed by atoms with van der Waals surface area (Å²) < 4.78 is 18.3. The second-order valence-corrected chi connectivity index (χ2v) is 7.08. The summed E-state index contributed by atoms with van der Waals surface area (Å²) >= 11 is 6.01. The van der Waals surface area contributed by atoms with E-state index in [0.29, 0.717) is 5.56 Å². The number of hydrogen-bond donors (Lipinski definition) is 2. The highest BCUT2D eigenvalue weighted by atomic mass is 35.5. The van der Waals surface area contributed by atoms with Crippen molar-refractivity contribution in [1.29, 1.82) is 0 Å². The van der Waals surface area contributed by atoms with E-state index in [4.69, 9.17) is 16.3 Å². The fourth-order valence-electron chi connectivity index (χ4n) is 2.49. The second-order valence-electron chi connectivity index (χ2n) is 6.67. The van der Waals surface area contributed by atoms with Crippen LogP contribution in [0.15, 0.2) is 18.2 Å². The Morgan fingerprint density at radius 1 is 1.46 bits per heavy atom. The maximum Gasteiger partial charge on any atom is 0.426 e. The van der Waals surface area contributed by atoms with Crippen molar-refractivity contribution in [3.63, 3.8) is 0 Å². The van der Waals surface area contributed by atoms with Crippen LogP contribution in [0.1, 0.15) is 38.7 Å². The topological polar surface area (TPSA) is 78.9 Å². The van der Waals surface area contributed by atoms with Gasteiger partial charge in [0.15, 0.2) is 0 Å². The highest BCUT2D eigenvalue weighted by Gasteiger charge is 2.37. The number of hydrazine groups is 1. The number of nitrogens with one attached hydrogen (secondary N) is 1. The number of aliphatic hydroxyl groups is 1. The lowest BCUT2D eigenvalue weighted by Crippen LogP contribution is -2.55. The van der Waals surface area contributed by atoms with Crippen molar-refractivity contribution in [2.24, 2.45) is 0 Å². The number of β-amino-alcohol motifs (C(OH)–C–C–N with tert-alkyl or cyclic N) is 1. The average molecular weight is 359 g/mol. The highest BCUT2D eigenvalue weighted by molar-refractivity contribution is 6.31. The summed E-state index contributed by atoms with van der Waals surface area (Å²) in [4.78, 5) is 24.5. The van der Waals surface area contributed by atoms with Crippen LogP contribution < -0.4 is 5.43 Å². The number of benzene rings is 1. The molecule has 1 saturated heterocycles. The molecule has 1 aliphatic rings. The molecule has 2 atom stereocenters. The predicted molar refractivity (Wildman–Crippen MR) is 85.9 cm³/mol. The van der Waals surface area contributed by atoms with Crippen LogP contribution in [0, 0.1) is 5.82 Å². The molecule has 0 aliphatic carbocycles. The normalized spacial score (nSPS) is 21.6. The largest absolute Gasteiger partial charge is 0.443 e. The maximum absolute atomic E-state index is 13.2. The van der Waals surface area contributed by atoms with Gasteiger partial charge < -0.3 is 9.84 Å². The predicted octanol–water partition coefficient (Wildman–Crippen LogP) is 2.60. The lowest BCUT2D eigenvalue weighted by molar-refractivity contribution is -0.142. The smallest absolute Gasteiger partial charge is 0.426 e. The Bertz CT molecular complexity index is 647. The van der Waals surface area contributed by atoms with E-state index in [1.54, 1.807) is 20.8 Å². The van der Waals surface area contributed by atoms with Crippen molar-refractivity contribution in [1.82, 2.24) is 10.4 Å². The Labute approximate surface area is 144 Å². The number of carbonyl (C=O) groups excluding carboxylic acids is 2. The van der Waals surface area contributed by atoms with E-state index in [1.165, 1.54) is 12.1 Å². The molecule has 0 saturated carbocycles. The van der Waals surface area contributed by atoms with Crippen LogP contribution >= 0.6 is 11.6 Å². The van der Waals surface area contributed by atoms with Gasteiger partial charge in [-0.05, 0) is 44.9 Å². The highest BCUT2D eigenvalue weighted by Crippen LogP contribution is 2.33. The van der Waals surface area contributed by atoms with Gasteiger partial charge in [0.25, 0.3) is 0 Å². The summed E-state index contributed by atoms with van der Waals surface area (Å²) in [6.45, 7) is 5.02. The minimum atomic E-state index is -0.858. The Morgan fingerprint density at radius 2 is 2.12 bits per heavy atom. The first-order chi connectivity index (χ1) is 11.1. The molecule has 1 aliphatic heterocycles. The minimum Gasteiger partial charge on any atom is -0.443 e. The lowest BCUT2D eigenvalue weighted by atomic mass is 9.89. The van der Waals surface area contributed by atoms with Crippen LogP contribution in [-0.2, 0) is 9.53 Å². The van der Waals surface area contributed by atoms with E-state index in [1.807, 2.05) is 0 Å². The summed E-state index contributed by atoms with van der Waals surface area (Å²) in [7, 11) is 0. The van der Waals surface area contributed by atoms with E-state index in [2.05, 4.69) is 5.43 Å². The molecule has 2 unspecified atom stereocenters. The molecule has 0 spiro atoms. The number of aliphatic hydroxyl groups excluding tert-OH is 1. The monoisotopic (exact) mass is 358 g/mol. The minimum absolute atomic E-state index is 0.0621. The molecule has 24 heavy (non-hydrogen) atoms. The van der Waals surface area contributed by atoms with Crippen LogP contribution in [0.2, 0.25) is 5.02 Å². The van der Waals surface area contributed by atoms with Crippen LogP contribution in [0.3, 0.4) is 0 Å². The summed E-state index contributed by atoms with van der Waals surface area (Å²) in [5.74, 6) is -1.74. The van der Waals surface area contributed by atoms with Gasteiger partial charge in [0.05, 0.1) is 18.6 Å². The molecule has 8 heteroatoms. The molecule has 1 fully saturated rings. The van der Waals surface area contributed by atoms with Gasteiger partial charge in [-0.3, -0.25) is 4.79 Å². The second kappa shape index (κ2) is 6.94. The molecule has 1 heterocycles. The average Bonchev–Trinajstić information content (AvgIpc) is 2.40. The first-order valence-corrected chi connectivity index (χ1v) is 7.88. The van der Waals surface area contributed by atoms with Gasteiger partial charge in [-0.2, -0.15) is 0 Å². The molecule has 6 nitrogen and oxygen atoms in total. The Hall–Kier alpha value is -1.86. The number of halogens is 2. The third-order valence-corrected chi connectivity index (χ3v) is 3.76. The van der Waals surface area contributed by atoms with E-state index >= 15 is 0 Å². The molecule has 2 rings (SSSR count). The third kappa shape index (κ3) is 4.58. The number of ether oxygens (including phenoxy) is 1. The fourth-order valence-corrected chi connectivity index (χ4v) is 2.79. The van der Waals surface area contributed by atoms with Gasteiger partial charge in [0.2, 0.25) is 5.91 Å². The molecule has 0 aromatic heterocycles. The molecule has 2 N–H and O–H groups in total. The molecule has 0 radical (unpaired) electrons. The van der Waals surface area contributed by atoms with Crippen molar-refractivity contribution < 1.29 is 23.8 Å².